The fraction of sp³-hybridized carbons (Fsp3) is 0.733. The molecule has 1 aliphatic heterocycles. The van der Waals surface area contributed by atoms with Gasteiger partial charge in [-0.2, -0.15) is 0 Å². The Morgan fingerprint density at radius 3 is 2.22 bits per heavy atom. The maximum Gasteiger partial charge on any atom is 0.326 e. The van der Waals surface area contributed by atoms with Crippen LogP contribution in [0.2, 0.25) is 0 Å². The first kappa shape index (κ1) is 18.9. The molecule has 130 valence electrons. The van der Waals surface area contributed by atoms with E-state index in [2.05, 4.69) is 10.6 Å². The molecule has 0 saturated carbocycles. The molecule has 0 aliphatic carbocycles. The largest absolute Gasteiger partial charge is 0.480 e. The highest BCUT2D eigenvalue weighted by atomic mass is 16.4. The second-order valence-electron chi connectivity index (χ2n) is 6.18. The minimum absolute atomic E-state index is 0.203. The molecular weight excluding hydrogens is 302 g/mol. The molecule has 1 fully saturated rings. The van der Waals surface area contributed by atoms with Crippen LogP contribution in [0, 0.1) is 5.92 Å². The summed E-state index contributed by atoms with van der Waals surface area (Å²) in [6.45, 7) is 6.75. The van der Waals surface area contributed by atoms with Crippen molar-refractivity contribution in [1.82, 2.24) is 15.5 Å². The lowest BCUT2D eigenvalue weighted by Crippen LogP contribution is -2.56. The first-order valence-electron chi connectivity index (χ1n) is 7.76. The molecule has 0 aromatic carbocycles. The SMILES string of the molecule is CC(=O)N[C@@H](C)C(=O)N[C@H](C(=O)N1CCC[C@H]1C(=O)O)C(C)C. The van der Waals surface area contributed by atoms with Crippen LogP contribution in [0.3, 0.4) is 0 Å². The van der Waals surface area contributed by atoms with E-state index in [0.717, 1.165) is 0 Å². The van der Waals surface area contributed by atoms with Crippen LogP contribution in [-0.4, -0.2) is 58.4 Å². The lowest BCUT2D eigenvalue weighted by Gasteiger charge is -2.30. The highest BCUT2D eigenvalue weighted by Crippen LogP contribution is 2.20. The third-order valence-corrected chi connectivity index (χ3v) is 3.86. The van der Waals surface area contributed by atoms with Crippen LogP contribution in [0.1, 0.15) is 40.5 Å². The normalized spacial score (nSPS) is 20.0. The Morgan fingerprint density at radius 2 is 1.74 bits per heavy atom. The summed E-state index contributed by atoms with van der Waals surface area (Å²) >= 11 is 0. The van der Waals surface area contributed by atoms with Gasteiger partial charge in [0.2, 0.25) is 17.7 Å². The van der Waals surface area contributed by atoms with E-state index in [4.69, 9.17) is 0 Å². The monoisotopic (exact) mass is 327 g/mol. The highest BCUT2D eigenvalue weighted by molar-refractivity contribution is 5.93. The molecule has 0 bridgehead atoms. The number of likely N-dealkylation sites (tertiary alicyclic amines) is 1. The molecule has 23 heavy (non-hydrogen) atoms. The van der Waals surface area contributed by atoms with Gasteiger partial charge in [-0.25, -0.2) is 4.79 Å². The van der Waals surface area contributed by atoms with Crippen LogP contribution < -0.4 is 10.6 Å². The quantitative estimate of drug-likeness (QED) is 0.621. The zero-order valence-electron chi connectivity index (χ0n) is 14.0. The van der Waals surface area contributed by atoms with Crippen LogP contribution >= 0.6 is 0 Å². The van der Waals surface area contributed by atoms with Gasteiger partial charge in [-0.15, -0.1) is 0 Å². The van der Waals surface area contributed by atoms with E-state index in [0.29, 0.717) is 19.4 Å². The number of carboxylic acid groups (broad SMARTS) is 1. The Bertz CT molecular complexity index is 492. The maximum absolute atomic E-state index is 12.6. The molecule has 3 atom stereocenters. The highest BCUT2D eigenvalue weighted by Gasteiger charge is 2.38. The Hall–Kier alpha value is -2.12. The number of amides is 3. The van der Waals surface area contributed by atoms with Crippen LogP contribution in [0.15, 0.2) is 0 Å². The fourth-order valence-corrected chi connectivity index (χ4v) is 2.63. The van der Waals surface area contributed by atoms with Gasteiger partial charge in [-0.05, 0) is 25.7 Å². The Labute approximate surface area is 135 Å². The van der Waals surface area contributed by atoms with Gasteiger partial charge >= 0.3 is 5.97 Å². The second-order valence-corrected chi connectivity index (χ2v) is 6.18. The lowest BCUT2D eigenvalue weighted by molar-refractivity contribution is -0.150. The van der Waals surface area contributed by atoms with Gasteiger partial charge in [0.25, 0.3) is 0 Å². The molecule has 8 nitrogen and oxygen atoms in total. The molecule has 0 spiro atoms. The Morgan fingerprint density at radius 1 is 1.13 bits per heavy atom. The summed E-state index contributed by atoms with van der Waals surface area (Å²) in [7, 11) is 0. The number of carboxylic acids is 1. The summed E-state index contributed by atoms with van der Waals surface area (Å²) in [5.74, 6) is -2.44. The molecule has 1 saturated heterocycles. The number of hydrogen-bond donors (Lipinski definition) is 3. The van der Waals surface area contributed by atoms with E-state index >= 15 is 0 Å². The van der Waals surface area contributed by atoms with Crippen molar-refractivity contribution in [3.8, 4) is 0 Å². The van der Waals surface area contributed by atoms with E-state index < -0.39 is 35.9 Å². The topological polar surface area (TPSA) is 116 Å². The average molecular weight is 327 g/mol. The zero-order valence-corrected chi connectivity index (χ0v) is 14.0. The van der Waals surface area contributed by atoms with Crippen molar-refractivity contribution in [2.75, 3.05) is 6.54 Å². The van der Waals surface area contributed by atoms with Gasteiger partial charge in [-0.3, -0.25) is 14.4 Å². The Kier molecular flexibility index (Phi) is 6.53. The third-order valence-electron chi connectivity index (χ3n) is 3.86. The summed E-state index contributed by atoms with van der Waals surface area (Å²) < 4.78 is 0. The van der Waals surface area contributed by atoms with E-state index in [1.54, 1.807) is 13.8 Å². The van der Waals surface area contributed by atoms with Crippen molar-refractivity contribution in [3.63, 3.8) is 0 Å². The fourth-order valence-electron chi connectivity index (χ4n) is 2.63. The molecule has 0 aromatic heterocycles. The van der Waals surface area contributed by atoms with Gasteiger partial charge in [0.05, 0.1) is 0 Å². The number of carbonyl (C=O) groups excluding carboxylic acids is 3. The summed E-state index contributed by atoms with van der Waals surface area (Å²) in [5, 5.41) is 14.3. The predicted molar refractivity (Wildman–Crippen MR) is 82.4 cm³/mol. The van der Waals surface area contributed by atoms with Crippen LogP contribution in [0.5, 0.6) is 0 Å². The zero-order chi connectivity index (χ0) is 17.7. The minimum atomic E-state index is -1.03. The smallest absolute Gasteiger partial charge is 0.326 e. The van der Waals surface area contributed by atoms with Gasteiger partial charge in [0, 0.05) is 13.5 Å². The van der Waals surface area contributed by atoms with Crippen molar-refractivity contribution in [2.24, 2.45) is 5.92 Å². The van der Waals surface area contributed by atoms with E-state index in [-0.39, 0.29) is 11.8 Å². The first-order chi connectivity index (χ1) is 10.6. The van der Waals surface area contributed by atoms with E-state index in [1.807, 2.05) is 0 Å². The van der Waals surface area contributed by atoms with E-state index in [9.17, 15) is 24.3 Å². The van der Waals surface area contributed by atoms with Gasteiger partial charge in [-0.1, -0.05) is 13.8 Å². The van der Waals surface area contributed by atoms with Gasteiger partial charge in [0.15, 0.2) is 0 Å². The molecule has 1 rings (SSSR count). The van der Waals surface area contributed by atoms with Gasteiger partial charge in [0.1, 0.15) is 18.1 Å². The lowest BCUT2D eigenvalue weighted by atomic mass is 10.0. The van der Waals surface area contributed by atoms with Crippen LogP contribution in [0.25, 0.3) is 0 Å². The number of carbonyl (C=O) groups is 4. The third kappa shape index (κ3) is 4.94. The first-order valence-corrected chi connectivity index (χ1v) is 7.76. The molecule has 1 heterocycles. The molecule has 3 amide bonds. The molecule has 1 aliphatic rings. The van der Waals surface area contributed by atoms with Crippen LogP contribution in [-0.2, 0) is 19.2 Å². The minimum Gasteiger partial charge on any atom is -0.480 e. The summed E-state index contributed by atoms with van der Waals surface area (Å²) in [4.78, 5) is 48.3. The average Bonchev–Trinajstić information content (AvgIpc) is 2.92. The summed E-state index contributed by atoms with van der Waals surface area (Å²) in [6, 6.07) is -2.43. The summed E-state index contributed by atoms with van der Waals surface area (Å²) in [5.41, 5.74) is 0. The molecule has 0 unspecified atom stereocenters. The molecule has 0 aromatic rings. The van der Waals surface area contributed by atoms with Crippen molar-refractivity contribution >= 4 is 23.7 Å². The Balaban J connectivity index is 2.81. The molecular formula is C15H25N3O5. The summed E-state index contributed by atoms with van der Waals surface area (Å²) in [6.07, 6.45) is 1.05. The second kappa shape index (κ2) is 7.94. The molecule has 0 radical (unpaired) electrons. The number of hydrogen-bond acceptors (Lipinski definition) is 4. The number of nitrogens with one attached hydrogen (secondary N) is 2. The number of rotatable bonds is 6. The standard InChI is InChI=1S/C15H25N3O5/c1-8(2)12(17-13(20)9(3)16-10(4)19)14(21)18-7-5-6-11(18)15(22)23/h8-9,11-12H,5-7H2,1-4H3,(H,16,19)(H,17,20)(H,22,23)/t9-,11-,12-/m0/s1. The van der Waals surface area contributed by atoms with E-state index in [1.165, 1.54) is 18.7 Å². The van der Waals surface area contributed by atoms with Crippen molar-refractivity contribution in [1.29, 1.82) is 0 Å². The maximum atomic E-state index is 12.6. The number of nitrogens with zero attached hydrogens (tertiary/aromatic N) is 1. The van der Waals surface area contributed by atoms with Crippen molar-refractivity contribution in [2.45, 2.75) is 58.7 Å². The predicted octanol–water partition coefficient (Wildman–Crippen LogP) is -0.273. The molecule has 8 heteroatoms. The molecule has 3 N–H and O–H groups in total. The van der Waals surface area contributed by atoms with Gasteiger partial charge < -0.3 is 20.6 Å². The van der Waals surface area contributed by atoms with Crippen molar-refractivity contribution < 1.29 is 24.3 Å². The number of aliphatic carboxylic acids is 1. The van der Waals surface area contributed by atoms with Crippen LogP contribution in [0.4, 0.5) is 0 Å². The van der Waals surface area contributed by atoms with Crippen molar-refractivity contribution in [3.05, 3.63) is 0 Å².